The SMILES string of the molecule is O=S(=O)(CCNC1CC1)NC1CCSC1. The minimum absolute atomic E-state index is 0.168. The molecule has 0 spiro atoms. The van der Waals surface area contributed by atoms with Crippen LogP contribution in [0.4, 0.5) is 0 Å². The molecule has 1 aliphatic heterocycles. The van der Waals surface area contributed by atoms with Gasteiger partial charge in [-0.15, -0.1) is 0 Å². The molecule has 0 aromatic carbocycles. The van der Waals surface area contributed by atoms with E-state index in [0.29, 0.717) is 12.6 Å². The highest BCUT2D eigenvalue weighted by Gasteiger charge is 2.23. The third-order valence-electron chi connectivity index (χ3n) is 2.66. The minimum atomic E-state index is -3.06. The maximum Gasteiger partial charge on any atom is 0.213 e. The summed E-state index contributed by atoms with van der Waals surface area (Å²) in [5.41, 5.74) is 0. The van der Waals surface area contributed by atoms with Gasteiger partial charge in [-0.05, 0) is 25.0 Å². The van der Waals surface area contributed by atoms with Gasteiger partial charge in [0.25, 0.3) is 0 Å². The smallest absolute Gasteiger partial charge is 0.213 e. The Labute approximate surface area is 95.6 Å². The van der Waals surface area contributed by atoms with Gasteiger partial charge in [0.2, 0.25) is 10.0 Å². The van der Waals surface area contributed by atoms with Crippen LogP contribution >= 0.6 is 11.8 Å². The van der Waals surface area contributed by atoms with Crippen molar-refractivity contribution in [3.63, 3.8) is 0 Å². The first-order valence-electron chi connectivity index (χ1n) is 5.47. The molecule has 1 heterocycles. The van der Waals surface area contributed by atoms with Crippen LogP contribution in [0, 0.1) is 0 Å². The summed E-state index contributed by atoms with van der Waals surface area (Å²) in [6.45, 7) is 0.583. The molecule has 6 heteroatoms. The first-order chi connectivity index (χ1) is 7.16. The van der Waals surface area contributed by atoms with E-state index in [2.05, 4.69) is 10.0 Å². The van der Waals surface area contributed by atoms with Crippen molar-refractivity contribution in [2.45, 2.75) is 31.3 Å². The zero-order chi connectivity index (χ0) is 10.7. The summed E-state index contributed by atoms with van der Waals surface area (Å²) >= 11 is 1.82. The Morgan fingerprint density at radius 3 is 2.60 bits per heavy atom. The molecule has 0 aromatic heterocycles. The normalized spacial score (nSPS) is 27.1. The molecule has 88 valence electrons. The van der Waals surface area contributed by atoms with Crippen molar-refractivity contribution in [3.05, 3.63) is 0 Å². The number of thioether (sulfide) groups is 1. The first kappa shape index (κ1) is 11.7. The Morgan fingerprint density at radius 1 is 1.20 bits per heavy atom. The average molecular weight is 250 g/mol. The van der Waals surface area contributed by atoms with E-state index in [1.54, 1.807) is 0 Å². The first-order valence-corrected chi connectivity index (χ1v) is 8.27. The molecule has 2 aliphatic rings. The summed E-state index contributed by atoms with van der Waals surface area (Å²) in [6.07, 6.45) is 3.37. The van der Waals surface area contributed by atoms with Crippen molar-refractivity contribution in [3.8, 4) is 0 Å². The van der Waals surface area contributed by atoms with Crippen LogP contribution in [0.15, 0.2) is 0 Å². The van der Waals surface area contributed by atoms with Gasteiger partial charge in [-0.3, -0.25) is 0 Å². The molecular weight excluding hydrogens is 232 g/mol. The van der Waals surface area contributed by atoms with E-state index in [1.165, 1.54) is 12.8 Å². The van der Waals surface area contributed by atoms with Gasteiger partial charge in [-0.2, -0.15) is 11.8 Å². The fourth-order valence-corrected chi connectivity index (χ4v) is 4.10. The maximum atomic E-state index is 11.6. The lowest BCUT2D eigenvalue weighted by atomic mass is 10.3. The monoisotopic (exact) mass is 250 g/mol. The number of rotatable bonds is 6. The highest BCUT2D eigenvalue weighted by Crippen LogP contribution is 2.19. The number of nitrogens with one attached hydrogen (secondary N) is 2. The Morgan fingerprint density at radius 2 is 2.00 bits per heavy atom. The molecule has 1 atom stereocenters. The number of hydrogen-bond donors (Lipinski definition) is 2. The van der Waals surface area contributed by atoms with Gasteiger partial charge >= 0.3 is 0 Å². The lowest BCUT2D eigenvalue weighted by Crippen LogP contribution is -2.39. The maximum absolute atomic E-state index is 11.6. The molecule has 0 aromatic rings. The molecule has 1 aliphatic carbocycles. The highest BCUT2D eigenvalue weighted by molar-refractivity contribution is 7.99. The van der Waals surface area contributed by atoms with E-state index in [0.717, 1.165) is 17.9 Å². The Balaban J connectivity index is 1.67. The van der Waals surface area contributed by atoms with Crippen molar-refractivity contribution in [2.24, 2.45) is 0 Å². The van der Waals surface area contributed by atoms with Gasteiger partial charge < -0.3 is 5.32 Å². The van der Waals surface area contributed by atoms with Crippen LogP contribution in [-0.4, -0.2) is 44.3 Å². The fourth-order valence-electron chi connectivity index (χ4n) is 1.63. The van der Waals surface area contributed by atoms with Crippen LogP contribution in [0.5, 0.6) is 0 Å². The molecule has 2 N–H and O–H groups in total. The lowest BCUT2D eigenvalue weighted by Gasteiger charge is -2.11. The Kier molecular flexibility index (Phi) is 3.93. The summed E-state index contributed by atoms with van der Waals surface area (Å²) < 4.78 is 26.0. The quantitative estimate of drug-likeness (QED) is 0.705. The van der Waals surface area contributed by atoms with Crippen LogP contribution in [0.25, 0.3) is 0 Å². The van der Waals surface area contributed by atoms with Gasteiger partial charge in [0.05, 0.1) is 5.75 Å². The van der Waals surface area contributed by atoms with E-state index in [4.69, 9.17) is 0 Å². The molecule has 0 amide bonds. The zero-order valence-electron chi connectivity index (χ0n) is 8.74. The predicted octanol–water partition coefficient (Wildman–Crippen LogP) is 0.163. The van der Waals surface area contributed by atoms with Crippen LogP contribution in [0.2, 0.25) is 0 Å². The standard InChI is InChI=1S/C9H18N2O2S2/c12-15(13,6-4-10-8-1-2-8)11-9-3-5-14-7-9/h8-11H,1-7H2. The predicted molar refractivity (Wildman–Crippen MR) is 63.7 cm³/mol. The van der Waals surface area contributed by atoms with Gasteiger partial charge in [0.1, 0.15) is 0 Å². The van der Waals surface area contributed by atoms with Gasteiger partial charge in [-0.25, -0.2) is 13.1 Å². The highest BCUT2D eigenvalue weighted by atomic mass is 32.2. The van der Waals surface area contributed by atoms with Crippen molar-refractivity contribution in [1.29, 1.82) is 0 Å². The fraction of sp³-hybridized carbons (Fsp3) is 1.00. The van der Waals surface area contributed by atoms with Crippen LogP contribution in [0.3, 0.4) is 0 Å². The minimum Gasteiger partial charge on any atom is -0.313 e. The molecular formula is C9H18N2O2S2. The van der Waals surface area contributed by atoms with E-state index in [1.807, 2.05) is 11.8 Å². The largest absolute Gasteiger partial charge is 0.313 e. The lowest BCUT2D eigenvalue weighted by molar-refractivity contribution is 0.559. The van der Waals surface area contributed by atoms with Crippen molar-refractivity contribution in [2.75, 3.05) is 23.8 Å². The zero-order valence-corrected chi connectivity index (χ0v) is 10.4. The number of sulfonamides is 1. The summed E-state index contributed by atoms with van der Waals surface area (Å²) in [6, 6.07) is 0.753. The third kappa shape index (κ3) is 4.30. The molecule has 15 heavy (non-hydrogen) atoms. The van der Waals surface area contributed by atoms with Gasteiger partial charge in [0, 0.05) is 24.4 Å². The molecule has 1 unspecified atom stereocenters. The molecule has 0 radical (unpaired) electrons. The molecule has 1 saturated heterocycles. The third-order valence-corrected chi connectivity index (χ3v) is 5.25. The van der Waals surface area contributed by atoms with E-state index >= 15 is 0 Å². The summed E-state index contributed by atoms with van der Waals surface area (Å²) in [5, 5.41) is 3.21. The molecule has 1 saturated carbocycles. The van der Waals surface area contributed by atoms with Crippen molar-refractivity contribution >= 4 is 21.8 Å². The summed E-state index contributed by atoms with van der Waals surface area (Å²) in [5.74, 6) is 2.22. The van der Waals surface area contributed by atoms with Crippen molar-refractivity contribution in [1.82, 2.24) is 10.0 Å². The molecule has 2 rings (SSSR count). The summed E-state index contributed by atoms with van der Waals surface area (Å²) in [7, 11) is -3.06. The van der Waals surface area contributed by atoms with Crippen LogP contribution in [-0.2, 0) is 10.0 Å². The second-order valence-corrected chi connectivity index (χ2v) is 7.25. The van der Waals surface area contributed by atoms with E-state index in [-0.39, 0.29) is 11.8 Å². The molecule has 4 nitrogen and oxygen atoms in total. The van der Waals surface area contributed by atoms with E-state index in [9.17, 15) is 8.42 Å². The molecule has 2 fully saturated rings. The average Bonchev–Trinajstić information content (AvgIpc) is 2.83. The van der Waals surface area contributed by atoms with E-state index < -0.39 is 10.0 Å². The number of hydrogen-bond acceptors (Lipinski definition) is 4. The Hall–Kier alpha value is 0.220. The second kappa shape index (κ2) is 5.03. The Bertz CT molecular complexity index is 295. The van der Waals surface area contributed by atoms with Gasteiger partial charge in [0.15, 0.2) is 0 Å². The van der Waals surface area contributed by atoms with Crippen LogP contribution in [0.1, 0.15) is 19.3 Å². The van der Waals surface area contributed by atoms with Gasteiger partial charge in [-0.1, -0.05) is 0 Å². The van der Waals surface area contributed by atoms with Crippen molar-refractivity contribution < 1.29 is 8.42 Å². The molecule has 0 bridgehead atoms. The second-order valence-electron chi connectivity index (χ2n) is 4.23. The summed E-state index contributed by atoms with van der Waals surface area (Å²) in [4.78, 5) is 0. The topological polar surface area (TPSA) is 58.2 Å². The van der Waals surface area contributed by atoms with Crippen LogP contribution < -0.4 is 10.0 Å².